The Balaban J connectivity index is 2.08. The van der Waals surface area contributed by atoms with Crippen LogP contribution in [0.25, 0.3) is 0 Å². The molecule has 0 aliphatic carbocycles. The van der Waals surface area contributed by atoms with Gasteiger partial charge in [0.25, 0.3) is 0 Å². The third kappa shape index (κ3) is 2.61. The molecule has 1 N–H and O–H groups in total. The quantitative estimate of drug-likeness (QED) is 0.882. The molecule has 0 aliphatic heterocycles. The van der Waals surface area contributed by atoms with Crippen LogP contribution in [0.15, 0.2) is 30.7 Å². The van der Waals surface area contributed by atoms with Crippen LogP contribution in [0.5, 0.6) is 0 Å². The van der Waals surface area contributed by atoms with Crippen LogP contribution >= 0.6 is 0 Å². The molecule has 2 aromatic heterocycles. The van der Waals surface area contributed by atoms with Crippen molar-refractivity contribution >= 4 is 5.97 Å². The summed E-state index contributed by atoms with van der Waals surface area (Å²) in [5.74, 6) is -0.904. The number of carboxylic acid groups (broad SMARTS) is 1. The van der Waals surface area contributed by atoms with Crippen LogP contribution in [-0.2, 0) is 6.54 Å². The Hall–Kier alpha value is -2.04. The minimum Gasteiger partial charge on any atom is -0.478 e. The number of hydrogen-bond donors (Lipinski definition) is 1. The average molecular weight is 247 g/mol. The highest BCUT2D eigenvalue weighted by Gasteiger charge is 2.07. The first kappa shape index (κ1) is 12.4. The lowest BCUT2D eigenvalue weighted by atomic mass is 10.3. The van der Waals surface area contributed by atoms with Gasteiger partial charge in [0, 0.05) is 24.6 Å². The molecule has 2 aromatic rings. The Morgan fingerprint density at radius 3 is 2.83 bits per heavy atom. The van der Waals surface area contributed by atoms with Crippen LogP contribution in [0.2, 0.25) is 0 Å². The lowest BCUT2D eigenvalue weighted by Gasteiger charge is -2.08. The van der Waals surface area contributed by atoms with Crippen LogP contribution in [-0.4, -0.2) is 25.4 Å². The van der Waals surface area contributed by atoms with E-state index < -0.39 is 5.97 Å². The number of rotatable bonds is 5. The molecule has 0 aliphatic rings. The normalized spacial score (nSPS) is 12.6. The second kappa shape index (κ2) is 5.08. The molecule has 0 saturated heterocycles. The van der Waals surface area contributed by atoms with Crippen LogP contribution in [0.3, 0.4) is 0 Å². The molecular formula is C13H17N3O2. The molecule has 0 radical (unpaired) electrons. The van der Waals surface area contributed by atoms with Gasteiger partial charge < -0.3 is 9.67 Å². The number of aromatic carboxylic acids is 1. The highest BCUT2D eigenvalue weighted by molar-refractivity contribution is 5.87. The summed E-state index contributed by atoms with van der Waals surface area (Å²) < 4.78 is 3.77. The molecule has 0 spiro atoms. The van der Waals surface area contributed by atoms with E-state index in [1.54, 1.807) is 18.5 Å². The third-order valence-electron chi connectivity index (χ3n) is 3.05. The van der Waals surface area contributed by atoms with Crippen molar-refractivity contribution in [1.82, 2.24) is 14.3 Å². The summed E-state index contributed by atoms with van der Waals surface area (Å²) in [5.41, 5.74) is 1.24. The standard InChI is InChI=1S/C13H17N3O2/c1-3-10(2)16-7-5-12(14-16)9-15-6-4-11(8-15)13(17)18/h4-8,10H,3,9H2,1-2H3,(H,17,18). The molecule has 0 amide bonds. The van der Waals surface area contributed by atoms with E-state index in [1.165, 1.54) is 0 Å². The van der Waals surface area contributed by atoms with Crippen molar-refractivity contribution in [2.24, 2.45) is 0 Å². The van der Waals surface area contributed by atoms with E-state index in [2.05, 4.69) is 18.9 Å². The summed E-state index contributed by atoms with van der Waals surface area (Å²) in [6, 6.07) is 3.94. The second-order valence-electron chi connectivity index (χ2n) is 4.42. The first-order chi connectivity index (χ1) is 8.60. The lowest BCUT2D eigenvalue weighted by molar-refractivity contribution is 0.0697. The van der Waals surface area contributed by atoms with Gasteiger partial charge in [0.1, 0.15) is 0 Å². The number of aromatic nitrogens is 3. The largest absolute Gasteiger partial charge is 0.478 e. The summed E-state index contributed by atoms with van der Waals surface area (Å²) in [4.78, 5) is 10.8. The molecule has 2 heterocycles. The number of carbonyl (C=O) groups is 1. The Bertz CT molecular complexity index is 542. The third-order valence-corrected chi connectivity index (χ3v) is 3.05. The van der Waals surface area contributed by atoms with E-state index in [4.69, 9.17) is 5.11 Å². The zero-order valence-electron chi connectivity index (χ0n) is 10.6. The highest BCUT2D eigenvalue weighted by Crippen LogP contribution is 2.10. The van der Waals surface area contributed by atoms with Crippen molar-refractivity contribution < 1.29 is 9.90 Å². The predicted molar refractivity (Wildman–Crippen MR) is 67.7 cm³/mol. The maximum absolute atomic E-state index is 10.8. The SMILES string of the molecule is CCC(C)n1ccc(Cn2ccc(C(=O)O)c2)n1. The molecule has 96 valence electrons. The summed E-state index contributed by atoms with van der Waals surface area (Å²) in [6.45, 7) is 4.84. The fraction of sp³-hybridized carbons (Fsp3) is 0.385. The lowest BCUT2D eigenvalue weighted by Crippen LogP contribution is -2.06. The van der Waals surface area contributed by atoms with Gasteiger partial charge in [0.2, 0.25) is 0 Å². The van der Waals surface area contributed by atoms with E-state index in [-0.39, 0.29) is 0 Å². The Morgan fingerprint density at radius 2 is 2.22 bits per heavy atom. The van der Waals surface area contributed by atoms with Gasteiger partial charge in [-0.1, -0.05) is 6.92 Å². The number of nitrogens with zero attached hydrogens (tertiary/aromatic N) is 3. The van der Waals surface area contributed by atoms with E-state index in [9.17, 15) is 4.79 Å². The van der Waals surface area contributed by atoms with Crippen LogP contribution < -0.4 is 0 Å². The molecule has 0 fully saturated rings. The molecule has 0 bridgehead atoms. The van der Waals surface area contributed by atoms with Crippen molar-refractivity contribution in [3.63, 3.8) is 0 Å². The minimum atomic E-state index is -0.904. The summed E-state index contributed by atoms with van der Waals surface area (Å²) in [6.07, 6.45) is 6.37. The molecule has 2 rings (SSSR count). The zero-order valence-corrected chi connectivity index (χ0v) is 10.6. The topological polar surface area (TPSA) is 60.0 Å². The molecule has 1 unspecified atom stereocenters. The van der Waals surface area contributed by atoms with E-state index in [0.29, 0.717) is 18.2 Å². The van der Waals surface area contributed by atoms with E-state index >= 15 is 0 Å². The first-order valence-corrected chi connectivity index (χ1v) is 6.03. The molecule has 0 aromatic carbocycles. The van der Waals surface area contributed by atoms with Gasteiger partial charge in [-0.3, -0.25) is 4.68 Å². The van der Waals surface area contributed by atoms with Crippen LogP contribution in [0, 0.1) is 0 Å². The second-order valence-corrected chi connectivity index (χ2v) is 4.42. The van der Waals surface area contributed by atoms with Gasteiger partial charge in [-0.15, -0.1) is 0 Å². The molecular weight excluding hydrogens is 230 g/mol. The van der Waals surface area contributed by atoms with E-state index in [0.717, 1.165) is 12.1 Å². The smallest absolute Gasteiger partial charge is 0.337 e. The summed E-state index contributed by atoms with van der Waals surface area (Å²) in [7, 11) is 0. The van der Waals surface area contributed by atoms with Gasteiger partial charge in [-0.25, -0.2) is 4.79 Å². The maximum atomic E-state index is 10.8. The monoisotopic (exact) mass is 247 g/mol. The molecule has 1 atom stereocenters. The Morgan fingerprint density at radius 1 is 1.44 bits per heavy atom. The Kier molecular flexibility index (Phi) is 3.50. The van der Waals surface area contributed by atoms with Crippen molar-refractivity contribution in [2.45, 2.75) is 32.9 Å². The predicted octanol–water partition coefficient (Wildman–Crippen LogP) is 2.40. The van der Waals surface area contributed by atoms with Crippen molar-refractivity contribution in [3.8, 4) is 0 Å². The molecule has 5 heteroatoms. The van der Waals surface area contributed by atoms with Gasteiger partial charge in [-0.2, -0.15) is 5.10 Å². The zero-order chi connectivity index (χ0) is 13.1. The Labute approximate surface area is 106 Å². The number of carboxylic acids is 1. The average Bonchev–Trinajstić information content (AvgIpc) is 2.98. The molecule has 0 saturated carbocycles. The van der Waals surface area contributed by atoms with Crippen LogP contribution in [0.1, 0.15) is 42.4 Å². The van der Waals surface area contributed by atoms with Gasteiger partial charge >= 0.3 is 5.97 Å². The van der Waals surface area contributed by atoms with Crippen molar-refractivity contribution in [3.05, 3.63) is 42.0 Å². The number of hydrogen-bond acceptors (Lipinski definition) is 2. The van der Waals surface area contributed by atoms with Gasteiger partial charge in [0.15, 0.2) is 0 Å². The fourth-order valence-electron chi connectivity index (χ4n) is 1.75. The van der Waals surface area contributed by atoms with Crippen molar-refractivity contribution in [2.75, 3.05) is 0 Å². The van der Waals surface area contributed by atoms with Crippen LogP contribution in [0.4, 0.5) is 0 Å². The van der Waals surface area contributed by atoms with Gasteiger partial charge in [-0.05, 0) is 25.5 Å². The van der Waals surface area contributed by atoms with Crippen molar-refractivity contribution in [1.29, 1.82) is 0 Å². The summed E-state index contributed by atoms with van der Waals surface area (Å²) >= 11 is 0. The van der Waals surface area contributed by atoms with Gasteiger partial charge in [0.05, 0.1) is 17.8 Å². The maximum Gasteiger partial charge on any atom is 0.337 e. The molecule has 5 nitrogen and oxygen atoms in total. The van der Waals surface area contributed by atoms with E-state index in [1.807, 2.05) is 21.5 Å². The highest BCUT2D eigenvalue weighted by atomic mass is 16.4. The first-order valence-electron chi connectivity index (χ1n) is 6.03. The molecule has 18 heavy (non-hydrogen) atoms. The fourth-order valence-corrected chi connectivity index (χ4v) is 1.75. The summed E-state index contributed by atoms with van der Waals surface area (Å²) in [5, 5.41) is 13.3. The minimum absolute atomic E-state index is 0.302.